The number of hydrogen-bond donors (Lipinski definition) is 0. The SMILES string of the molecule is COC(=O)c1cc2oc1[C@H](O[Si](C)(C)C(C)(C)C)[C@H](C(C)C)CC/C(C)=C\CC[C@H](C)C2. The zero-order valence-corrected chi connectivity index (χ0v) is 23.1. The van der Waals surface area contributed by atoms with Crippen molar-refractivity contribution in [2.75, 3.05) is 7.11 Å². The smallest absolute Gasteiger partial charge is 0.341 e. The largest absolute Gasteiger partial charge is 0.465 e. The Morgan fingerprint density at radius 3 is 2.44 bits per heavy atom. The molecule has 1 aliphatic heterocycles. The highest BCUT2D eigenvalue weighted by molar-refractivity contribution is 6.74. The minimum Gasteiger partial charge on any atom is -0.465 e. The second kappa shape index (κ2) is 10.7. The molecule has 2 rings (SSSR count). The number of fused-ring (bicyclic) bond motifs is 2. The standard InChI is InChI=1S/C27H46O4Si/c1-18(2)22-15-14-19(3)12-11-13-20(4)16-21-17-23(26(28)29-8)24(30-21)25(22)31-32(9,10)27(5,6)7/h12,17-18,20,22,25H,11,13-16H2,1-10H3/b19-12-/t20-,22-,25+/m0/s1. The van der Waals surface area contributed by atoms with Gasteiger partial charge >= 0.3 is 5.97 Å². The molecule has 0 saturated heterocycles. The predicted octanol–water partition coefficient (Wildman–Crippen LogP) is 8.10. The molecule has 2 bridgehead atoms. The number of esters is 1. The van der Waals surface area contributed by atoms with Crippen molar-refractivity contribution < 1.29 is 18.4 Å². The molecule has 0 saturated carbocycles. The van der Waals surface area contributed by atoms with E-state index >= 15 is 0 Å². The first-order chi connectivity index (χ1) is 14.8. The van der Waals surface area contributed by atoms with Crippen LogP contribution in [0.2, 0.25) is 18.1 Å². The number of carbonyl (C=O) groups is 1. The maximum atomic E-state index is 12.8. The van der Waals surface area contributed by atoms with E-state index in [4.69, 9.17) is 13.6 Å². The van der Waals surface area contributed by atoms with Gasteiger partial charge < -0.3 is 13.6 Å². The fraction of sp³-hybridized carbons (Fsp3) is 0.741. The third-order valence-corrected chi connectivity index (χ3v) is 12.0. The summed E-state index contributed by atoms with van der Waals surface area (Å²) >= 11 is 0. The van der Waals surface area contributed by atoms with Crippen molar-refractivity contribution in [3.63, 3.8) is 0 Å². The lowest BCUT2D eigenvalue weighted by atomic mass is 9.83. The summed E-state index contributed by atoms with van der Waals surface area (Å²) < 4.78 is 18.7. The second-order valence-electron chi connectivity index (χ2n) is 11.7. The molecule has 0 spiro atoms. The van der Waals surface area contributed by atoms with E-state index in [2.05, 4.69) is 67.6 Å². The molecule has 182 valence electrons. The Labute approximate surface area is 197 Å². The normalized spacial score (nSPS) is 25.3. The summed E-state index contributed by atoms with van der Waals surface area (Å²) in [6.07, 6.45) is 7.20. The molecule has 2 heterocycles. The van der Waals surface area contributed by atoms with Crippen molar-refractivity contribution in [3.8, 4) is 0 Å². The van der Waals surface area contributed by atoms with E-state index in [1.54, 1.807) is 0 Å². The molecular weight excluding hydrogens is 416 g/mol. The van der Waals surface area contributed by atoms with Crippen LogP contribution in [0.3, 0.4) is 0 Å². The summed E-state index contributed by atoms with van der Waals surface area (Å²) in [5.41, 5.74) is 1.98. The summed E-state index contributed by atoms with van der Waals surface area (Å²) in [7, 11) is -0.687. The Morgan fingerprint density at radius 2 is 1.88 bits per heavy atom. The summed E-state index contributed by atoms with van der Waals surface area (Å²) in [5.74, 6) is 2.30. The van der Waals surface area contributed by atoms with E-state index in [1.807, 2.05) is 6.07 Å². The van der Waals surface area contributed by atoms with Crippen molar-refractivity contribution >= 4 is 14.3 Å². The van der Waals surface area contributed by atoms with Gasteiger partial charge in [-0.15, -0.1) is 0 Å². The van der Waals surface area contributed by atoms with Crippen LogP contribution in [-0.4, -0.2) is 21.4 Å². The molecule has 0 aromatic carbocycles. The zero-order chi connectivity index (χ0) is 24.3. The molecule has 0 aliphatic carbocycles. The van der Waals surface area contributed by atoms with Gasteiger partial charge in [-0.2, -0.15) is 0 Å². The van der Waals surface area contributed by atoms with Crippen LogP contribution in [0.5, 0.6) is 0 Å². The summed E-state index contributed by atoms with van der Waals surface area (Å²) in [6.45, 7) is 20.3. The van der Waals surface area contributed by atoms with Crippen molar-refractivity contribution in [1.82, 2.24) is 0 Å². The number of allylic oxidation sites excluding steroid dienone is 2. The van der Waals surface area contributed by atoms with Gasteiger partial charge in [-0.25, -0.2) is 4.79 Å². The van der Waals surface area contributed by atoms with Crippen LogP contribution < -0.4 is 0 Å². The third kappa shape index (κ3) is 6.60. The molecule has 5 heteroatoms. The van der Waals surface area contributed by atoms with Crippen LogP contribution in [0, 0.1) is 17.8 Å². The van der Waals surface area contributed by atoms with Crippen molar-refractivity contribution in [1.29, 1.82) is 0 Å². The van der Waals surface area contributed by atoms with E-state index in [0.717, 1.165) is 37.9 Å². The lowest BCUT2D eigenvalue weighted by Gasteiger charge is -2.42. The Kier molecular flexibility index (Phi) is 9.03. The Bertz CT molecular complexity index is 797. The van der Waals surface area contributed by atoms with Crippen LogP contribution in [-0.2, 0) is 15.6 Å². The average molecular weight is 463 g/mol. The minimum atomic E-state index is -2.13. The van der Waals surface area contributed by atoms with Gasteiger partial charge in [0.25, 0.3) is 0 Å². The lowest BCUT2D eigenvalue weighted by Crippen LogP contribution is -2.43. The van der Waals surface area contributed by atoms with Crippen molar-refractivity contribution in [2.24, 2.45) is 17.8 Å². The summed E-state index contributed by atoms with van der Waals surface area (Å²) in [4.78, 5) is 12.8. The first-order valence-corrected chi connectivity index (χ1v) is 15.2. The highest BCUT2D eigenvalue weighted by Crippen LogP contribution is 2.46. The summed E-state index contributed by atoms with van der Waals surface area (Å²) in [6, 6.07) is 1.91. The van der Waals surface area contributed by atoms with Crippen molar-refractivity contribution in [2.45, 2.75) is 105 Å². The lowest BCUT2D eigenvalue weighted by molar-refractivity contribution is 0.0524. The number of ether oxygens (including phenoxy) is 1. The van der Waals surface area contributed by atoms with E-state index in [9.17, 15) is 4.79 Å². The molecule has 0 amide bonds. The average Bonchev–Trinajstić information content (AvgIpc) is 3.08. The highest BCUT2D eigenvalue weighted by atomic mass is 28.4. The fourth-order valence-corrected chi connectivity index (χ4v) is 5.53. The van der Waals surface area contributed by atoms with Gasteiger partial charge in [-0.1, -0.05) is 53.2 Å². The molecule has 0 N–H and O–H groups in total. The van der Waals surface area contributed by atoms with E-state index in [-0.39, 0.29) is 23.0 Å². The number of carbonyl (C=O) groups excluding carboxylic acids is 1. The molecule has 1 aromatic heterocycles. The molecule has 1 aromatic rings. The highest BCUT2D eigenvalue weighted by Gasteiger charge is 2.44. The van der Waals surface area contributed by atoms with Gasteiger partial charge in [0.2, 0.25) is 0 Å². The predicted molar refractivity (Wildman–Crippen MR) is 134 cm³/mol. The van der Waals surface area contributed by atoms with Gasteiger partial charge in [0, 0.05) is 6.42 Å². The van der Waals surface area contributed by atoms with Gasteiger partial charge in [-0.05, 0) is 74.6 Å². The maximum absolute atomic E-state index is 12.8. The van der Waals surface area contributed by atoms with E-state index in [0.29, 0.717) is 23.2 Å². The van der Waals surface area contributed by atoms with Gasteiger partial charge in [0.1, 0.15) is 23.2 Å². The van der Waals surface area contributed by atoms with Gasteiger partial charge in [0.15, 0.2) is 8.32 Å². The van der Waals surface area contributed by atoms with E-state index < -0.39 is 8.32 Å². The monoisotopic (exact) mass is 462 g/mol. The maximum Gasteiger partial charge on any atom is 0.341 e. The molecule has 32 heavy (non-hydrogen) atoms. The molecule has 3 atom stereocenters. The Balaban J connectivity index is 2.66. The van der Waals surface area contributed by atoms with Crippen LogP contribution in [0.1, 0.15) is 102 Å². The first-order valence-electron chi connectivity index (χ1n) is 12.3. The third-order valence-electron chi connectivity index (χ3n) is 7.52. The van der Waals surface area contributed by atoms with Crippen LogP contribution in [0.15, 0.2) is 22.1 Å². The second-order valence-corrected chi connectivity index (χ2v) is 16.4. The van der Waals surface area contributed by atoms with Gasteiger partial charge in [-0.3, -0.25) is 0 Å². The molecule has 0 radical (unpaired) electrons. The molecule has 0 fully saturated rings. The van der Waals surface area contributed by atoms with Crippen molar-refractivity contribution in [3.05, 3.63) is 34.8 Å². The zero-order valence-electron chi connectivity index (χ0n) is 22.1. The Morgan fingerprint density at radius 1 is 1.22 bits per heavy atom. The van der Waals surface area contributed by atoms with E-state index in [1.165, 1.54) is 12.7 Å². The van der Waals surface area contributed by atoms with Crippen LogP contribution in [0.4, 0.5) is 0 Å². The number of furan rings is 1. The quantitative estimate of drug-likeness (QED) is 0.258. The Hall–Kier alpha value is -1.33. The summed E-state index contributed by atoms with van der Waals surface area (Å²) in [5, 5.41) is 0.0564. The first kappa shape index (κ1) is 26.9. The van der Waals surface area contributed by atoms with Crippen LogP contribution in [0.25, 0.3) is 0 Å². The molecular formula is C27H46O4Si. The minimum absolute atomic E-state index is 0.0564. The van der Waals surface area contributed by atoms with Gasteiger partial charge in [0.05, 0.1) is 7.11 Å². The number of methoxy groups -OCH3 is 1. The van der Waals surface area contributed by atoms with Crippen LogP contribution >= 0.6 is 0 Å². The number of hydrogen-bond acceptors (Lipinski definition) is 4. The molecule has 0 unspecified atom stereocenters. The molecule has 1 aliphatic rings. The molecule has 4 nitrogen and oxygen atoms in total. The topological polar surface area (TPSA) is 48.7 Å². The fourth-order valence-electron chi connectivity index (χ4n) is 4.26. The number of rotatable bonds is 4.